The molecule has 30 heavy (non-hydrogen) atoms. The molecule has 162 valence electrons. The quantitative estimate of drug-likeness (QED) is 0.778. The zero-order valence-corrected chi connectivity index (χ0v) is 17.9. The number of carbonyl (C=O) groups excluding carboxylic acids is 1. The number of hydrogen-bond donors (Lipinski definition) is 1. The van der Waals surface area contributed by atoms with Crippen LogP contribution in [0.4, 0.5) is 5.82 Å². The molecule has 2 aromatic heterocycles. The van der Waals surface area contributed by atoms with E-state index in [1.54, 1.807) is 11.8 Å². The SMILES string of the molecule is CC(=O)N1CCCC(O)(CN(C)C2CN(c3ccc4nnc(C5CCC5)n4n3)C2)C1. The molecule has 0 bridgehead atoms. The van der Waals surface area contributed by atoms with Crippen LogP contribution in [0.5, 0.6) is 0 Å². The molecule has 3 fully saturated rings. The predicted octanol–water partition coefficient (Wildman–Crippen LogP) is 0.886. The highest BCUT2D eigenvalue weighted by molar-refractivity contribution is 5.73. The molecule has 2 saturated heterocycles. The van der Waals surface area contributed by atoms with Gasteiger partial charge in [0.1, 0.15) is 5.82 Å². The monoisotopic (exact) mass is 413 g/mol. The minimum absolute atomic E-state index is 0.0438. The van der Waals surface area contributed by atoms with Crippen LogP contribution in [0.1, 0.15) is 50.8 Å². The van der Waals surface area contributed by atoms with Crippen LogP contribution in [0, 0.1) is 0 Å². The molecule has 5 rings (SSSR count). The first-order valence-corrected chi connectivity index (χ1v) is 11.1. The third-order valence-electron chi connectivity index (χ3n) is 7.10. The Morgan fingerprint density at radius 3 is 2.77 bits per heavy atom. The number of likely N-dealkylation sites (tertiary alicyclic amines) is 1. The van der Waals surface area contributed by atoms with E-state index < -0.39 is 5.60 Å². The van der Waals surface area contributed by atoms with E-state index >= 15 is 0 Å². The van der Waals surface area contributed by atoms with Crippen molar-refractivity contribution in [2.45, 2.75) is 56.6 Å². The molecule has 9 heteroatoms. The maximum absolute atomic E-state index is 11.7. The standard InChI is InChI=1S/C21H31N7O2/c1-15(29)26-10-4-9-21(30,14-26)13-25(2)17-11-27(12-17)19-8-7-18-22-23-20(28(18)24-19)16-5-3-6-16/h7-8,16-17,30H,3-6,9-14H2,1-2H3. The Hall–Kier alpha value is -2.26. The van der Waals surface area contributed by atoms with Crippen LogP contribution in [0.25, 0.3) is 5.65 Å². The fourth-order valence-corrected chi connectivity index (χ4v) is 4.91. The largest absolute Gasteiger partial charge is 0.387 e. The molecule has 4 heterocycles. The van der Waals surface area contributed by atoms with Crippen LogP contribution in [-0.2, 0) is 4.79 Å². The average Bonchev–Trinajstić information content (AvgIpc) is 3.01. The van der Waals surface area contributed by atoms with Gasteiger partial charge in [0.2, 0.25) is 5.91 Å². The molecule has 0 radical (unpaired) electrons. The van der Waals surface area contributed by atoms with E-state index in [9.17, 15) is 9.90 Å². The van der Waals surface area contributed by atoms with Crippen molar-refractivity contribution in [3.63, 3.8) is 0 Å². The number of amides is 1. The molecule has 1 atom stereocenters. The summed E-state index contributed by atoms with van der Waals surface area (Å²) in [6.07, 6.45) is 5.21. The second kappa shape index (κ2) is 7.46. The van der Waals surface area contributed by atoms with E-state index in [4.69, 9.17) is 5.10 Å². The topological polar surface area (TPSA) is 90.1 Å². The van der Waals surface area contributed by atoms with Crippen molar-refractivity contribution < 1.29 is 9.90 Å². The Labute approximate surface area is 176 Å². The number of anilines is 1. The van der Waals surface area contributed by atoms with Gasteiger partial charge in [-0.05, 0) is 44.9 Å². The van der Waals surface area contributed by atoms with Gasteiger partial charge in [0.25, 0.3) is 0 Å². The van der Waals surface area contributed by atoms with Gasteiger partial charge in [-0.15, -0.1) is 15.3 Å². The van der Waals surface area contributed by atoms with E-state index in [-0.39, 0.29) is 5.91 Å². The van der Waals surface area contributed by atoms with Gasteiger partial charge in [-0.2, -0.15) is 4.52 Å². The highest BCUT2D eigenvalue weighted by Crippen LogP contribution is 2.35. The van der Waals surface area contributed by atoms with E-state index in [0.717, 1.165) is 49.8 Å². The molecule has 1 aliphatic carbocycles. The van der Waals surface area contributed by atoms with Crippen LogP contribution in [0.15, 0.2) is 12.1 Å². The number of likely N-dealkylation sites (N-methyl/N-ethyl adjacent to an activating group) is 1. The first kappa shape index (κ1) is 19.7. The molecular formula is C21H31N7O2. The maximum Gasteiger partial charge on any atom is 0.219 e. The van der Waals surface area contributed by atoms with Gasteiger partial charge in [-0.3, -0.25) is 9.69 Å². The number of piperidine rings is 1. The van der Waals surface area contributed by atoms with Crippen molar-refractivity contribution in [1.82, 2.24) is 29.6 Å². The summed E-state index contributed by atoms with van der Waals surface area (Å²) in [5, 5.41) is 24.5. The van der Waals surface area contributed by atoms with Gasteiger partial charge < -0.3 is 14.9 Å². The molecule has 0 spiro atoms. The van der Waals surface area contributed by atoms with E-state index in [2.05, 4.69) is 27.0 Å². The van der Waals surface area contributed by atoms with Crippen molar-refractivity contribution >= 4 is 17.4 Å². The maximum atomic E-state index is 11.7. The number of nitrogens with zero attached hydrogens (tertiary/aromatic N) is 7. The first-order chi connectivity index (χ1) is 14.4. The smallest absolute Gasteiger partial charge is 0.219 e. The van der Waals surface area contributed by atoms with Crippen LogP contribution in [-0.4, -0.2) is 92.0 Å². The summed E-state index contributed by atoms with van der Waals surface area (Å²) in [6.45, 7) is 5.09. The second-order valence-corrected chi connectivity index (χ2v) is 9.39. The summed E-state index contributed by atoms with van der Waals surface area (Å²) in [6, 6.07) is 4.38. The number of hydrogen-bond acceptors (Lipinski definition) is 7. The number of carbonyl (C=O) groups is 1. The predicted molar refractivity (Wildman–Crippen MR) is 112 cm³/mol. The van der Waals surface area contributed by atoms with Crippen molar-refractivity contribution in [2.75, 3.05) is 44.7 Å². The van der Waals surface area contributed by atoms with Crippen molar-refractivity contribution in [3.8, 4) is 0 Å². The van der Waals surface area contributed by atoms with Gasteiger partial charge in [-0.25, -0.2) is 0 Å². The van der Waals surface area contributed by atoms with Gasteiger partial charge >= 0.3 is 0 Å². The normalized spacial score (nSPS) is 25.6. The summed E-state index contributed by atoms with van der Waals surface area (Å²) in [5.74, 6) is 2.47. The molecule has 9 nitrogen and oxygen atoms in total. The Kier molecular flexibility index (Phi) is 4.89. The molecule has 1 amide bonds. The highest BCUT2D eigenvalue weighted by atomic mass is 16.3. The molecule has 2 aromatic rings. The first-order valence-electron chi connectivity index (χ1n) is 11.1. The van der Waals surface area contributed by atoms with Crippen LogP contribution < -0.4 is 4.90 Å². The summed E-state index contributed by atoms with van der Waals surface area (Å²) in [7, 11) is 2.07. The minimum Gasteiger partial charge on any atom is -0.387 e. The van der Waals surface area contributed by atoms with E-state index in [0.29, 0.717) is 25.0 Å². The number of fused-ring (bicyclic) bond motifs is 1. The molecule has 3 aliphatic rings. The fraction of sp³-hybridized carbons (Fsp3) is 0.714. The fourth-order valence-electron chi connectivity index (χ4n) is 4.91. The lowest BCUT2D eigenvalue weighted by Gasteiger charge is -2.48. The summed E-state index contributed by atoms with van der Waals surface area (Å²) in [5.41, 5.74) is -0.0134. The van der Waals surface area contributed by atoms with Crippen molar-refractivity contribution in [2.24, 2.45) is 0 Å². The van der Waals surface area contributed by atoms with Gasteiger partial charge in [-0.1, -0.05) is 6.42 Å². The van der Waals surface area contributed by atoms with Crippen molar-refractivity contribution in [1.29, 1.82) is 0 Å². The van der Waals surface area contributed by atoms with Crippen LogP contribution >= 0.6 is 0 Å². The lowest BCUT2D eigenvalue weighted by atomic mass is 9.85. The van der Waals surface area contributed by atoms with Crippen LogP contribution in [0.2, 0.25) is 0 Å². The zero-order valence-electron chi connectivity index (χ0n) is 17.9. The molecular weight excluding hydrogens is 382 g/mol. The summed E-state index contributed by atoms with van der Waals surface area (Å²) in [4.78, 5) is 18.0. The number of β-amino-alcohol motifs (C(OH)–C–C–N with tert-alkyl or cyclic N) is 1. The number of aromatic nitrogens is 4. The Morgan fingerprint density at radius 1 is 1.27 bits per heavy atom. The number of aliphatic hydroxyl groups is 1. The Morgan fingerprint density at radius 2 is 2.07 bits per heavy atom. The van der Waals surface area contributed by atoms with Gasteiger partial charge in [0.15, 0.2) is 11.5 Å². The molecule has 1 N–H and O–H groups in total. The van der Waals surface area contributed by atoms with Crippen molar-refractivity contribution in [3.05, 3.63) is 18.0 Å². The molecule has 0 aromatic carbocycles. The third kappa shape index (κ3) is 3.54. The Bertz CT molecular complexity index is 937. The van der Waals surface area contributed by atoms with Gasteiger partial charge in [0, 0.05) is 45.1 Å². The minimum atomic E-state index is -0.823. The number of rotatable bonds is 5. The molecule has 1 unspecified atom stereocenters. The average molecular weight is 414 g/mol. The highest BCUT2D eigenvalue weighted by Gasteiger charge is 2.39. The lowest BCUT2D eigenvalue weighted by molar-refractivity contribution is -0.137. The second-order valence-electron chi connectivity index (χ2n) is 9.39. The van der Waals surface area contributed by atoms with E-state index in [1.807, 2.05) is 16.6 Å². The third-order valence-corrected chi connectivity index (χ3v) is 7.10. The Balaban J connectivity index is 1.21. The van der Waals surface area contributed by atoms with Crippen LogP contribution in [0.3, 0.4) is 0 Å². The molecule has 1 saturated carbocycles. The molecule has 2 aliphatic heterocycles. The van der Waals surface area contributed by atoms with E-state index in [1.165, 1.54) is 19.3 Å². The zero-order chi connectivity index (χ0) is 20.9. The summed E-state index contributed by atoms with van der Waals surface area (Å²) < 4.78 is 1.91. The lowest BCUT2D eigenvalue weighted by Crippen LogP contribution is -2.63. The summed E-state index contributed by atoms with van der Waals surface area (Å²) >= 11 is 0. The van der Waals surface area contributed by atoms with Gasteiger partial charge in [0.05, 0.1) is 12.1 Å².